The van der Waals surface area contributed by atoms with Gasteiger partial charge in [-0.05, 0) is 26.1 Å². The zero-order chi connectivity index (χ0) is 14.5. The fourth-order valence-corrected chi connectivity index (χ4v) is 1.99. The summed E-state index contributed by atoms with van der Waals surface area (Å²) in [5.41, 5.74) is 1.24. The number of benzene rings is 1. The Morgan fingerprint density at radius 3 is 2.60 bits per heavy atom. The summed E-state index contributed by atoms with van der Waals surface area (Å²) in [6, 6.07) is 8.09. The van der Waals surface area contributed by atoms with Gasteiger partial charge in [0, 0.05) is 13.6 Å². The number of rotatable bonds is 6. The van der Waals surface area contributed by atoms with Crippen molar-refractivity contribution in [3.8, 4) is 5.75 Å². The zero-order valence-electron chi connectivity index (χ0n) is 12.1. The van der Waals surface area contributed by atoms with Crippen LogP contribution in [0.25, 0.3) is 0 Å². The van der Waals surface area contributed by atoms with Crippen LogP contribution in [0.4, 0.5) is 0 Å². The summed E-state index contributed by atoms with van der Waals surface area (Å²) in [6.45, 7) is 4.30. The van der Waals surface area contributed by atoms with Crippen LogP contribution in [0.3, 0.4) is 0 Å². The molecule has 0 fully saturated rings. The number of nitrogens with zero attached hydrogens (tertiary/aromatic N) is 3. The van der Waals surface area contributed by atoms with Gasteiger partial charge in [0.05, 0.1) is 12.7 Å². The summed E-state index contributed by atoms with van der Waals surface area (Å²) in [5, 5.41) is 0.657. The van der Waals surface area contributed by atoms with Crippen molar-refractivity contribution in [3.05, 3.63) is 47.0 Å². The van der Waals surface area contributed by atoms with Gasteiger partial charge in [0.2, 0.25) is 0 Å². The molecule has 2 aromatic rings. The highest BCUT2D eigenvalue weighted by molar-refractivity contribution is 6.29. The number of hydrogen-bond acceptors (Lipinski definition) is 3. The smallest absolute Gasteiger partial charge is 0.128 e. The molecule has 1 aromatic carbocycles. The topological polar surface area (TPSA) is 30.3 Å². The third kappa shape index (κ3) is 3.99. The summed E-state index contributed by atoms with van der Waals surface area (Å²) in [7, 11) is 3.96. The number of aryl methyl sites for hydroxylation is 1. The van der Waals surface area contributed by atoms with Crippen LogP contribution in [-0.4, -0.2) is 34.7 Å². The van der Waals surface area contributed by atoms with Crippen molar-refractivity contribution in [1.29, 1.82) is 0 Å². The predicted molar refractivity (Wildman–Crippen MR) is 81.2 cm³/mol. The molecule has 1 aromatic heterocycles. The lowest BCUT2D eigenvalue weighted by Gasteiger charge is -2.16. The Morgan fingerprint density at radius 2 is 2.00 bits per heavy atom. The molecule has 0 bridgehead atoms. The Morgan fingerprint density at radius 1 is 1.30 bits per heavy atom. The van der Waals surface area contributed by atoms with Crippen LogP contribution < -0.4 is 4.74 Å². The van der Waals surface area contributed by atoms with Crippen LogP contribution in [0.1, 0.15) is 11.4 Å². The number of aromatic nitrogens is 2. The van der Waals surface area contributed by atoms with E-state index in [1.165, 1.54) is 5.56 Å². The van der Waals surface area contributed by atoms with Crippen molar-refractivity contribution in [2.75, 3.05) is 20.2 Å². The van der Waals surface area contributed by atoms with E-state index in [1.807, 2.05) is 30.8 Å². The van der Waals surface area contributed by atoms with E-state index in [4.69, 9.17) is 16.3 Å². The van der Waals surface area contributed by atoms with Crippen molar-refractivity contribution in [3.63, 3.8) is 0 Å². The van der Waals surface area contributed by atoms with E-state index in [0.717, 1.165) is 24.7 Å². The van der Waals surface area contributed by atoms with Gasteiger partial charge >= 0.3 is 0 Å². The normalized spacial score (nSPS) is 11.1. The molecule has 0 aliphatic rings. The SMILES string of the molecule is Cc1ccc(OCCN(C)Cc2ncc(Cl)n2C)cc1. The third-order valence-electron chi connectivity index (χ3n) is 3.20. The van der Waals surface area contributed by atoms with Gasteiger partial charge in [-0.2, -0.15) is 0 Å². The Bertz CT molecular complexity index is 551. The highest BCUT2D eigenvalue weighted by atomic mass is 35.5. The fraction of sp³-hybridized carbons (Fsp3) is 0.400. The van der Waals surface area contributed by atoms with Crippen LogP contribution in [0.2, 0.25) is 5.15 Å². The zero-order valence-corrected chi connectivity index (χ0v) is 12.9. The molecule has 0 aliphatic heterocycles. The van der Waals surface area contributed by atoms with Crippen LogP contribution in [0.15, 0.2) is 30.5 Å². The van der Waals surface area contributed by atoms with Crippen molar-refractivity contribution in [2.24, 2.45) is 7.05 Å². The fourth-order valence-electron chi connectivity index (χ4n) is 1.85. The molecule has 108 valence electrons. The maximum Gasteiger partial charge on any atom is 0.128 e. The molecule has 0 saturated carbocycles. The average molecular weight is 294 g/mol. The van der Waals surface area contributed by atoms with Crippen LogP contribution in [0.5, 0.6) is 5.75 Å². The molecular weight excluding hydrogens is 274 g/mol. The first-order valence-electron chi connectivity index (χ1n) is 6.60. The lowest BCUT2D eigenvalue weighted by Crippen LogP contribution is -2.25. The molecule has 20 heavy (non-hydrogen) atoms. The Balaban J connectivity index is 1.76. The molecule has 0 N–H and O–H groups in total. The van der Waals surface area contributed by atoms with Crippen molar-refractivity contribution >= 4 is 11.6 Å². The number of halogens is 1. The van der Waals surface area contributed by atoms with E-state index >= 15 is 0 Å². The van der Waals surface area contributed by atoms with Gasteiger partial charge in [-0.25, -0.2) is 4.98 Å². The average Bonchev–Trinajstić information content (AvgIpc) is 2.73. The van der Waals surface area contributed by atoms with E-state index < -0.39 is 0 Å². The predicted octanol–water partition coefficient (Wildman–Crippen LogP) is 2.89. The molecule has 4 nitrogen and oxygen atoms in total. The maximum absolute atomic E-state index is 5.97. The quantitative estimate of drug-likeness (QED) is 0.820. The molecule has 0 aliphatic carbocycles. The molecule has 0 unspecified atom stereocenters. The molecule has 1 heterocycles. The van der Waals surface area contributed by atoms with Gasteiger partial charge in [0.15, 0.2) is 0 Å². The Hall–Kier alpha value is -1.52. The maximum atomic E-state index is 5.97. The highest BCUT2D eigenvalue weighted by Gasteiger charge is 2.07. The van der Waals surface area contributed by atoms with E-state index in [0.29, 0.717) is 11.8 Å². The van der Waals surface area contributed by atoms with Crippen LogP contribution >= 0.6 is 11.6 Å². The summed E-state index contributed by atoms with van der Waals surface area (Å²) in [4.78, 5) is 6.44. The first-order valence-corrected chi connectivity index (χ1v) is 6.98. The highest BCUT2D eigenvalue weighted by Crippen LogP contribution is 2.12. The lowest BCUT2D eigenvalue weighted by atomic mass is 10.2. The minimum absolute atomic E-state index is 0.651. The first-order chi connectivity index (χ1) is 9.56. The first kappa shape index (κ1) is 14.9. The number of hydrogen-bond donors (Lipinski definition) is 0. The van der Waals surface area contributed by atoms with Crippen LogP contribution in [-0.2, 0) is 13.6 Å². The molecule has 2 rings (SSSR count). The molecular formula is C15H20ClN3O. The number of likely N-dealkylation sites (N-methyl/N-ethyl adjacent to an activating group) is 1. The van der Waals surface area contributed by atoms with E-state index in [9.17, 15) is 0 Å². The summed E-state index contributed by atoms with van der Waals surface area (Å²) >= 11 is 5.97. The molecule has 5 heteroatoms. The number of ether oxygens (including phenoxy) is 1. The van der Waals surface area contributed by atoms with Gasteiger partial charge in [-0.15, -0.1) is 0 Å². The molecule has 0 spiro atoms. The van der Waals surface area contributed by atoms with Gasteiger partial charge < -0.3 is 9.30 Å². The summed E-state index contributed by atoms with van der Waals surface area (Å²) in [6.07, 6.45) is 1.67. The Labute approximate surface area is 124 Å². The van der Waals surface area contributed by atoms with Gasteiger partial charge in [0.1, 0.15) is 23.3 Å². The second-order valence-corrected chi connectivity index (χ2v) is 5.34. The second-order valence-electron chi connectivity index (χ2n) is 4.96. The van der Waals surface area contributed by atoms with Gasteiger partial charge in [0.25, 0.3) is 0 Å². The van der Waals surface area contributed by atoms with E-state index in [2.05, 4.69) is 28.9 Å². The lowest BCUT2D eigenvalue weighted by molar-refractivity contribution is 0.228. The molecule has 0 atom stereocenters. The minimum atomic E-state index is 0.651. The van der Waals surface area contributed by atoms with Crippen molar-refractivity contribution < 1.29 is 4.74 Å². The van der Waals surface area contributed by atoms with Gasteiger partial charge in [-0.1, -0.05) is 29.3 Å². The minimum Gasteiger partial charge on any atom is -0.492 e. The number of imidazole rings is 1. The molecule has 0 amide bonds. The van der Waals surface area contributed by atoms with Crippen LogP contribution in [0, 0.1) is 6.92 Å². The monoisotopic (exact) mass is 293 g/mol. The summed E-state index contributed by atoms with van der Waals surface area (Å²) < 4.78 is 7.60. The second kappa shape index (κ2) is 6.77. The standard InChI is InChI=1S/C15H20ClN3O/c1-12-4-6-13(7-5-12)20-9-8-18(2)11-15-17-10-14(16)19(15)3/h4-7,10H,8-9,11H2,1-3H3. The molecule has 0 saturated heterocycles. The largest absolute Gasteiger partial charge is 0.492 e. The van der Waals surface area contributed by atoms with E-state index in [1.54, 1.807) is 6.20 Å². The van der Waals surface area contributed by atoms with Gasteiger partial charge in [-0.3, -0.25) is 4.90 Å². The Kier molecular flexibility index (Phi) is 5.04. The van der Waals surface area contributed by atoms with Crippen molar-refractivity contribution in [1.82, 2.24) is 14.5 Å². The van der Waals surface area contributed by atoms with Crippen molar-refractivity contribution in [2.45, 2.75) is 13.5 Å². The molecule has 0 radical (unpaired) electrons. The third-order valence-corrected chi connectivity index (χ3v) is 3.55. The van der Waals surface area contributed by atoms with E-state index in [-0.39, 0.29) is 0 Å². The summed E-state index contributed by atoms with van der Waals surface area (Å²) in [5.74, 6) is 1.86.